The van der Waals surface area contributed by atoms with Crippen molar-refractivity contribution in [1.29, 1.82) is 0 Å². The van der Waals surface area contributed by atoms with Crippen LogP contribution in [0.15, 0.2) is 18.3 Å². The van der Waals surface area contributed by atoms with Crippen molar-refractivity contribution in [2.24, 2.45) is 0 Å². The second-order valence-corrected chi connectivity index (χ2v) is 2.60. The van der Waals surface area contributed by atoms with Gasteiger partial charge < -0.3 is 15.8 Å². The number of nitrogen functional groups attached to an aromatic ring is 1. The van der Waals surface area contributed by atoms with Gasteiger partial charge in [0.15, 0.2) is 0 Å². The highest BCUT2D eigenvalue weighted by Crippen LogP contribution is 2.05. The molecule has 1 rings (SSSR count). The number of pyridine rings is 1. The maximum absolute atomic E-state index is 5.44. The van der Waals surface area contributed by atoms with Gasteiger partial charge in [-0.05, 0) is 19.1 Å². The zero-order chi connectivity index (χ0) is 9.52. The number of ether oxygens (including phenoxy) is 1. The lowest BCUT2D eigenvalue weighted by Gasteiger charge is -2.05. The third kappa shape index (κ3) is 3.75. The van der Waals surface area contributed by atoms with E-state index in [4.69, 9.17) is 10.5 Å². The van der Waals surface area contributed by atoms with Crippen LogP contribution in [0.3, 0.4) is 0 Å². The molecule has 0 saturated heterocycles. The minimum absolute atomic E-state index is 0.537. The van der Waals surface area contributed by atoms with Gasteiger partial charge in [-0.25, -0.2) is 4.98 Å². The zero-order valence-corrected chi connectivity index (χ0v) is 7.79. The van der Waals surface area contributed by atoms with Gasteiger partial charge in [-0.1, -0.05) is 0 Å². The molecule has 3 N–H and O–H groups in total. The maximum atomic E-state index is 5.44. The summed E-state index contributed by atoms with van der Waals surface area (Å²) in [4.78, 5) is 3.95. The molecule has 0 radical (unpaired) electrons. The fourth-order valence-electron chi connectivity index (χ4n) is 0.922. The van der Waals surface area contributed by atoms with Crippen LogP contribution in [-0.2, 0) is 4.74 Å². The first-order valence-corrected chi connectivity index (χ1v) is 4.36. The molecule has 72 valence electrons. The minimum Gasteiger partial charge on any atom is -0.384 e. The molecule has 13 heavy (non-hydrogen) atoms. The molecule has 0 saturated carbocycles. The van der Waals surface area contributed by atoms with Crippen molar-refractivity contribution in [3.8, 4) is 0 Å². The number of hydrogen-bond acceptors (Lipinski definition) is 4. The fourth-order valence-corrected chi connectivity index (χ4v) is 0.922. The summed E-state index contributed by atoms with van der Waals surface area (Å²) in [5.74, 6) is 0.537. The molecule has 0 bridgehead atoms. The molecule has 0 aliphatic heterocycles. The van der Waals surface area contributed by atoms with Gasteiger partial charge >= 0.3 is 0 Å². The first-order chi connectivity index (χ1) is 6.33. The van der Waals surface area contributed by atoms with Crippen molar-refractivity contribution in [1.82, 2.24) is 4.98 Å². The minimum atomic E-state index is 0.537. The largest absolute Gasteiger partial charge is 0.384 e. The van der Waals surface area contributed by atoms with Crippen LogP contribution in [0.1, 0.15) is 6.92 Å². The molecule has 0 aromatic carbocycles. The number of nitrogens with zero attached hydrogens (tertiary/aromatic N) is 1. The Hall–Kier alpha value is -1.29. The second-order valence-electron chi connectivity index (χ2n) is 2.60. The molecule has 4 heteroatoms. The van der Waals surface area contributed by atoms with E-state index in [1.54, 1.807) is 12.3 Å². The number of rotatable bonds is 5. The van der Waals surface area contributed by atoms with E-state index in [1.165, 1.54) is 0 Å². The quantitative estimate of drug-likeness (QED) is 0.668. The van der Waals surface area contributed by atoms with Crippen molar-refractivity contribution in [3.05, 3.63) is 18.3 Å². The number of nitrogens with two attached hydrogens (primary N) is 1. The standard InChI is InChI=1S/C9H15N3O/c1-2-13-6-5-11-8-3-4-9(10)12-7-8/h3-4,7,11H,2,5-6H2,1H3,(H2,10,12). The number of hydrogen-bond donors (Lipinski definition) is 2. The van der Waals surface area contributed by atoms with E-state index in [-0.39, 0.29) is 0 Å². The summed E-state index contributed by atoms with van der Waals surface area (Å²) in [6.07, 6.45) is 1.71. The van der Waals surface area contributed by atoms with Gasteiger partial charge in [0.1, 0.15) is 5.82 Å². The Morgan fingerprint density at radius 2 is 2.38 bits per heavy atom. The molecule has 1 aromatic rings. The summed E-state index contributed by atoms with van der Waals surface area (Å²) in [5, 5.41) is 3.16. The second kappa shape index (κ2) is 5.37. The van der Waals surface area contributed by atoms with Crippen LogP contribution in [0.25, 0.3) is 0 Å². The van der Waals surface area contributed by atoms with E-state index in [2.05, 4.69) is 10.3 Å². The first kappa shape index (κ1) is 9.80. The van der Waals surface area contributed by atoms with Crippen molar-refractivity contribution < 1.29 is 4.74 Å². The molecule has 1 aromatic heterocycles. The molecule has 0 atom stereocenters. The van der Waals surface area contributed by atoms with Gasteiger partial charge in [-0.3, -0.25) is 0 Å². The number of nitrogens with one attached hydrogen (secondary N) is 1. The molecule has 4 nitrogen and oxygen atoms in total. The fraction of sp³-hybridized carbons (Fsp3) is 0.444. The van der Waals surface area contributed by atoms with Crippen LogP contribution in [0.2, 0.25) is 0 Å². The van der Waals surface area contributed by atoms with Crippen LogP contribution in [0.4, 0.5) is 11.5 Å². The van der Waals surface area contributed by atoms with E-state index in [1.807, 2.05) is 13.0 Å². The topological polar surface area (TPSA) is 60.2 Å². The van der Waals surface area contributed by atoms with Crippen LogP contribution >= 0.6 is 0 Å². The highest BCUT2D eigenvalue weighted by Gasteiger charge is 1.91. The van der Waals surface area contributed by atoms with Gasteiger partial charge in [0.25, 0.3) is 0 Å². The highest BCUT2D eigenvalue weighted by molar-refractivity contribution is 5.45. The normalized spacial score (nSPS) is 9.92. The van der Waals surface area contributed by atoms with Crippen LogP contribution in [0, 0.1) is 0 Å². The third-order valence-electron chi connectivity index (χ3n) is 1.57. The molecule has 1 heterocycles. The number of aromatic nitrogens is 1. The lowest BCUT2D eigenvalue weighted by atomic mass is 10.4. The molecule has 0 aliphatic rings. The molecular weight excluding hydrogens is 166 g/mol. The van der Waals surface area contributed by atoms with E-state index in [0.717, 1.165) is 18.8 Å². The van der Waals surface area contributed by atoms with Crippen LogP contribution < -0.4 is 11.1 Å². The lowest BCUT2D eigenvalue weighted by molar-refractivity contribution is 0.158. The van der Waals surface area contributed by atoms with Crippen molar-refractivity contribution in [2.75, 3.05) is 30.8 Å². The average molecular weight is 181 g/mol. The summed E-state index contributed by atoms with van der Waals surface area (Å²) in [6.45, 7) is 4.23. The van der Waals surface area contributed by atoms with Gasteiger partial charge in [0.2, 0.25) is 0 Å². The van der Waals surface area contributed by atoms with Crippen molar-refractivity contribution in [3.63, 3.8) is 0 Å². The zero-order valence-electron chi connectivity index (χ0n) is 7.79. The summed E-state index contributed by atoms with van der Waals surface area (Å²) in [7, 11) is 0. The highest BCUT2D eigenvalue weighted by atomic mass is 16.5. The molecule has 0 spiro atoms. The predicted octanol–water partition coefficient (Wildman–Crippen LogP) is 1.11. The van der Waals surface area contributed by atoms with E-state index >= 15 is 0 Å². The first-order valence-electron chi connectivity index (χ1n) is 4.36. The SMILES string of the molecule is CCOCCNc1ccc(N)nc1. The molecular formula is C9H15N3O. The smallest absolute Gasteiger partial charge is 0.123 e. The number of anilines is 2. The van der Waals surface area contributed by atoms with Gasteiger partial charge in [-0.2, -0.15) is 0 Å². The molecule has 0 amide bonds. The van der Waals surface area contributed by atoms with E-state index in [9.17, 15) is 0 Å². The van der Waals surface area contributed by atoms with Crippen molar-refractivity contribution >= 4 is 11.5 Å². The maximum Gasteiger partial charge on any atom is 0.123 e. The Morgan fingerprint density at radius 3 is 3.00 bits per heavy atom. The van der Waals surface area contributed by atoms with E-state index < -0.39 is 0 Å². The van der Waals surface area contributed by atoms with Gasteiger partial charge in [0.05, 0.1) is 18.5 Å². The summed E-state index contributed by atoms with van der Waals surface area (Å²) >= 11 is 0. The lowest BCUT2D eigenvalue weighted by Crippen LogP contribution is -2.09. The van der Waals surface area contributed by atoms with Gasteiger partial charge in [-0.15, -0.1) is 0 Å². The van der Waals surface area contributed by atoms with Crippen LogP contribution in [-0.4, -0.2) is 24.7 Å². The Kier molecular flexibility index (Phi) is 4.05. The molecule has 0 fully saturated rings. The Balaban J connectivity index is 2.25. The molecule has 0 unspecified atom stereocenters. The molecule has 0 aliphatic carbocycles. The van der Waals surface area contributed by atoms with Crippen LogP contribution in [0.5, 0.6) is 0 Å². The Morgan fingerprint density at radius 1 is 1.54 bits per heavy atom. The summed E-state index contributed by atoms with van der Waals surface area (Å²) < 4.78 is 5.17. The predicted molar refractivity (Wildman–Crippen MR) is 53.6 cm³/mol. The third-order valence-corrected chi connectivity index (χ3v) is 1.57. The van der Waals surface area contributed by atoms with E-state index in [0.29, 0.717) is 12.4 Å². The summed E-state index contributed by atoms with van der Waals surface area (Å²) in [5.41, 5.74) is 6.41. The monoisotopic (exact) mass is 181 g/mol. The van der Waals surface area contributed by atoms with Crippen molar-refractivity contribution in [2.45, 2.75) is 6.92 Å². The summed E-state index contributed by atoms with van der Waals surface area (Å²) in [6, 6.07) is 3.66. The average Bonchev–Trinajstić information content (AvgIpc) is 2.15. The Bertz CT molecular complexity index is 235. The van der Waals surface area contributed by atoms with Gasteiger partial charge in [0, 0.05) is 13.2 Å². The Labute approximate surface area is 78.1 Å².